The number of rotatable bonds is 7. The van der Waals surface area contributed by atoms with E-state index in [1.807, 2.05) is 0 Å². The molecule has 1 heterocycles. The van der Waals surface area contributed by atoms with E-state index in [-0.39, 0.29) is 0 Å². The molecule has 1 N–H and O–H groups in total. The fourth-order valence-electron chi connectivity index (χ4n) is 2.39. The average Bonchev–Trinajstić information content (AvgIpc) is 2.81. The summed E-state index contributed by atoms with van der Waals surface area (Å²) in [7, 11) is 0. The van der Waals surface area contributed by atoms with Gasteiger partial charge in [-0.05, 0) is 42.0 Å². The van der Waals surface area contributed by atoms with E-state index in [1.54, 1.807) is 0 Å². The smallest absolute Gasteiger partial charge is 0.0483 e. The third-order valence-corrected chi connectivity index (χ3v) is 3.44. The highest BCUT2D eigenvalue weighted by Crippen LogP contribution is 2.18. The minimum Gasteiger partial charge on any atom is -0.347 e. The lowest BCUT2D eigenvalue weighted by Gasteiger charge is -2.09. The number of unbranched alkanes of at least 4 members (excludes halogenated alkanes) is 1. The molecule has 1 aromatic carbocycles. The van der Waals surface area contributed by atoms with Gasteiger partial charge in [0.05, 0.1) is 0 Å². The van der Waals surface area contributed by atoms with Gasteiger partial charge in [-0.3, -0.25) is 0 Å². The van der Waals surface area contributed by atoms with E-state index in [0.29, 0.717) is 5.92 Å². The number of benzene rings is 1. The molecule has 0 amide bonds. The van der Waals surface area contributed by atoms with E-state index in [4.69, 9.17) is 6.42 Å². The van der Waals surface area contributed by atoms with Crippen molar-refractivity contribution in [1.82, 2.24) is 9.88 Å². The van der Waals surface area contributed by atoms with Crippen LogP contribution >= 0.6 is 0 Å². The molecule has 20 heavy (non-hydrogen) atoms. The lowest BCUT2D eigenvalue weighted by molar-refractivity contribution is 0.552. The van der Waals surface area contributed by atoms with Crippen molar-refractivity contribution in [3.8, 4) is 12.3 Å². The molecule has 2 aromatic rings. The molecule has 0 atom stereocenters. The molecule has 2 nitrogen and oxygen atoms in total. The average molecular weight is 268 g/mol. The lowest BCUT2D eigenvalue weighted by atomic mass is 10.1. The summed E-state index contributed by atoms with van der Waals surface area (Å²) in [4.78, 5) is 0. The number of nitrogens with zero attached hydrogens (tertiary/aromatic N) is 1. The molecule has 2 rings (SSSR count). The standard InChI is InChI=1S/C18H24N2/c1-4-5-6-10-20-11-9-17-8-7-16(12-18(17)20)14-19-13-15(2)3/h1,7-9,11-12,15,19H,5-6,10,13-14H2,2-3H3. The van der Waals surface area contributed by atoms with Gasteiger partial charge in [-0.15, -0.1) is 12.3 Å². The van der Waals surface area contributed by atoms with Gasteiger partial charge in [-0.2, -0.15) is 0 Å². The Hall–Kier alpha value is -1.72. The maximum absolute atomic E-state index is 5.32. The van der Waals surface area contributed by atoms with Crippen molar-refractivity contribution in [1.29, 1.82) is 0 Å². The molecule has 2 heteroatoms. The zero-order chi connectivity index (χ0) is 14.4. The lowest BCUT2D eigenvalue weighted by Crippen LogP contribution is -2.18. The summed E-state index contributed by atoms with van der Waals surface area (Å²) in [5, 5.41) is 4.80. The summed E-state index contributed by atoms with van der Waals surface area (Å²) >= 11 is 0. The van der Waals surface area contributed by atoms with Crippen LogP contribution in [0.25, 0.3) is 10.9 Å². The SMILES string of the molecule is C#CCCCn1ccc2ccc(CNCC(C)C)cc21. The Balaban J connectivity index is 2.06. The Kier molecular flexibility index (Phi) is 5.26. The van der Waals surface area contributed by atoms with E-state index in [1.165, 1.54) is 16.5 Å². The minimum atomic E-state index is 0.686. The molecule has 0 radical (unpaired) electrons. The molecule has 0 aliphatic heterocycles. The summed E-state index contributed by atoms with van der Waals surface area (Å²) in [6.45, 7) is 7.45. The van der Waals surface area contributed by atoms with Crippen LogP contribution in [-0.2, 0) is 13.1 Å². The second kappa shape index (κ2) is 7.17. The predicted octanol–water partition coefficient (Wildman–Crippen LogP) is 3.80. The Bertz CT molecular complexity index is 587. The fraction of sp³-hybridized carbons (Fsp3) is 0.444. The molecule has 0 aliphatic carbocycles. The van der Waals surface area contributed by atoms with Crippen LogP contribution < -0.4 is 5.32 Å². The first-order chi connectivity index (χ1) is 9.70. The Morgan fingerprint density at radius 1 is 1.30 bits per heavy atom. The molecule has 0 bridgehead atoms. The molecular formula is C18H24N2. The highest BCUT2D eigenvalue weighted by molar-refractivity contribution is 5.80. The third kappa shape index (κ3) is 3.88. The second-order valence-electron chi connectivity index (χ2n) is 5.73. The number of hydrogen-bond donors (Lipinski definition) is 1. The van der Waals surface area contributed by atoms with Crippen molar-refractivity contribution < 1.29 is 0 Å². The van der Waals surface area contributed by atoms with Crippen LogP contribution in [0.3, 0.4) is 0 Å². The van der Waals surface area contributed by atoms with Gasteiger partial charge in [0.15, 0.2) is 0 Å². The van der Waals surface area contributed by atoms with Crippen molar-refractivity contribution in [3.05, 3.63) is 36.0 Å². The van der Waals surface area contributed by atoms with Gasteiger partial charge in [0, 0.05) is 31.2 Å². The molecule has 0 spiro atoms. The van der Waals surface area contributed by atoms with Crippen LogP contribution in [0.4, 0.5) is 0 Å². The quantitative estimate of drug-likeness (QED) is 0.597. The van der Waals surface area contributed by atoms with E-state index in [9.17, 15) is 0 Å². The van der Waals surface area contributed by atoms with Gasteiger partial charge >= 0.3 is 0 Å². The van der Waals surface area contributed by atoms with E-state index in [2.05, 4.69) is 60.1 Å². The highest BCUT2D eigenvalue weighted by Gasteiger charge is 2.02. The summed E-state index contributed by atoms with van der Waals surface area (Å²) < 4.78 is 2.30. The number of terminal acetylenes is 1. The number of fused-ring (bicyclic) bond motifs is 1. The Morgan fingerprint density at radius 2 is 2.15 bits per heavy atom. The minimum absolute atomic E-state index is 0.686. The van der Waals surface area contributed by atoms with Gasteiger partial charge in [-0.25, -0.2) is 0 Å². The zero-order valence-corrected chi connectivity index (χ0v) is 12.5. The summed E-state index contributed by atoms with van der Waals surface area (Å²) in [6.07, 6.45) is 9.36. The monoisotopic (exact) mass is 268 g/mol. The van der Waals surface area contributed by atoms with E-state index < -0.39 is 0 Å². The van der Waals surface area contributed by atoms with Crippen LogP contribution in [0.15, 0.2) is 30.5 Å². The van der Waals surface area contributed by atoms with Crippen molar-refractivity contribution in [2.75, 3.05) is 6.54 Å². The highest BCUT2D eigenvalue weighted by atomic mass is 14.9. The van der Waals surface area contributed by atoms with Gasteiger partial charge in [-0.1, -0.05) is 26.0 Å². The third-order valence-electron chi connectivity index (χ3n) is 3.44. The van der Waals surface area contributed by atoms with Crippen LogP contribution in [0.1, 0.15) is 32.3 Å². The normalized spacial score (nSPS) is 11.1. The first kappa shape index (κ1) is 14.7. The van der Waals surface area contributed by atoms with Crippen molar-refractivity contribution in [3.63, 3.8) is 0 Å². The maximum Gasteiger partial charge on any atom is 0.0483 e. The Labute approximate surface area is 122 Å². The van der Waals surface area contributed by atoms with E-state index >= 15 is 0 Å². The number of nitrogens with one attached hydrogen (secondary N) is 1. The van der Waals surface area contributed by atoms with Crippen LogP contribution in [0, 0.1) is 18.3 Å². The predicted molar refractivity (Wildman–Crippen MR) is 86.5 cm³/mol. The van der Waals surface area contributed by atoms with Gasteiger partial charge in [0.1, 0.15) is 0 Å². The fourth-order valence-corrected chi connectivity index (χ4v) is 2.39. The Morgan fingerprint density at radius 3 is 2.90 bits per heavy atom. The maximum atomic E-state index is 5.32. The molecule has 1 aromatic heterocycles. The molecule has 0 saturated heterocycles. The molecule has 0 unspecified atom stereocenters. The molecule has 106 valence electrons. The number of hydrogen-bond acceptors (Lipinski definition) is 1. The van der Waals surface area contributed by atoms with Crippen LogP contribution in [0.5, 0.6) is 0 Å². The molecular weight excluding hydrogens is 244 g/mol. The first-order valence-corrected chi connectivity index (χ1v) is 7.42. The molecule has 0 fully saturated rings. The van der Waals surface area contributed by atoms with Gasteiger partial charge in [0.2, 0.25) is 0 Å². The number of aromatic nitrogens is 1. The van der Waals surface area contributed by atoms with Crippen LogP contribution in [0.2, 0.25) is 0 Å². The first-order valence-electron chi connectivity index (χ1n) is 7.42. The summed E-state index contributed by atoms with van der Waals surface area (Å²) in [6, 6.07) is 8.88. The van der Waals surface area contributed by atoms with Gasteiger partial charge in [0.25, 0.3) is 0 Å². The zero-order valence-electron chi connectivity index (χ0n) is 12.5. The summed E-state index contributed by atoms with van der Waals surface area (Å²) in [5.74, 6) is 3.39. The topological polar surface area (TPSA) is 17.0 Å². The van der Waals surface area contributed by atoms with E-state index in [0.717, 1.165) is 32.5 Å². The van der Waals surface area contributed by atoms with Crippen LogP contribution in [-0.4, -0.2) is 11.1 Å². The van der Waals surface area contributed by atoms with Crippen molar-refractivity contribution >= 4 is 10.9 Å². The molecule has 0 aliphatic rings. The van der Waals surface area contributed by atoms with Crippen molar-refractivity contribution in [2.24, 2.45) is 5.92 Å². The van der Waals surface area contributed by atoms with Gasteiger partial charge < -0.3 is 9.88 Å². The summed E-state index contributed by atoms with van der Waals surface area (Å²) in [5.41, 5.74) is 2.65. The largest absolute Gasteiger partial charge is 0.347 e. The number of aryl methyl sites for hydroxylation is 1. The molecule has 0 saturated carbocycles. The van der Waals surface area contributed by atoms with Crippen molar-refractivity contribution in [2.45, 2.75) is 39.8 Å². The second-order valence-corrected chi connectivity index (χ2v) is 5.73.